The molecular weight excluding hydrogens is 370 g/mol. The predicted molar refractivity (Wildman–Crippen MR) is 118 cm³/mol. The topological polar surface area (TPSA) is 77.0 Å². The Morgan fingerprint density at radius 2 is 1.90 bits per heavy atom. The first-order valence-electron chi connectivity index (χ1n) is 10.8. The third-order valence-electron chi connectivity index (χ3n) is 4.16. The number of nitrogens with one attached hydrogen (secondary N) is 1. The number of hydrogen-bond donors (Lipinski definition) is 2. The van der Waals surface area contributed by atoms with Gasteiger partial charge in [0.1, 0.15) is 5.76 Å². The van der Waals surface area contributed by atoms with Crippen molar-refractivity contribution in [2.24, 2.45) is 0 Å². The van der Waals surface area contributed by atoms with Crippen molar-refractivity contribution in [3.63, 3.8) is 0 Å². The molecule has 0 aromatic heterocycles. The van der Waals surface area contributed by atoms with Crippen LogP contribution in [0.2, 0.25) is 0 Å². The van der Waals surface area contributed by atoms with Crippen LogP contribution >= 0.6 is 0 Å². The maximum atomic E-state index is 11.3. The van der Waals surface area contributed by atoms with Gasteiger partial charge < -0.3 is 24.6 Å². The molecule has 2 atom stereocenters. The van der Waals surface area contributed by atoms with Gasteiger partial charge in [-0.15, -0.1) is 0 Å². The van der Waals surface area contributed by atoms with Gasteiger partial charge in [-0.25, -0.2) is 0 Å². The average Bonchev–Trinajstić information content (AvgIpc) is 2.69. The summed E-state index contributed by atoms with van der Waals surface area (Å²) in [4.78, 5) is 11.3. The highest BCUT2D eigenvalue weighted by Crippen LogP contribution is 2.12. The van der Waals surface area contributed by atoms with Crippen LogP contribution < -0.4 is 5.32 Å². The number of unbranched alkanes of at least 4 members (excludes halogenated alkanes) is 1. The fourth-order valence-corrected chi connectivity index (χ4v) is 2.36. The molecule has 0 aromatic rings. The number of carbonyl (C=O) groups is 1. The smallest absolute Gasteiger partial charge is 0.306 e. The molecule has 29 heavy (non-hydrogen) atoms. The van der Waals surface area contributed by atoms with Gasteiger partial charge in [0.2, 0.25) is 0 Å². The Morgan fingerprint density at radius 3 is 2.55 bits per heavy atom. The van der Waals surface area contributed by atoms with Gasteiger partial charge in [0.25, 0.3) is 0 Å². The van der Waals surface area contributed by atoms with E-state index in [4.69, 9.17) is 14.2 Å². The molecule has 0 aliphatic carbocycles. The predicted octanol–water partition coefficient (Wildman–Crippen LogP) is 3.91. The zero-order valence-corrected chi connectivity index (χ0v) is 18.9. The fourth-order valence-electron chi connectivity index (χ4n) is 2.36. The highest BCUT2D eigenvalue weighted by Gasteiger charge is 2.10. The molecule has 0 fully saturated rings. The molecule has 0 saturated carbocycles. The summed E-state index contributed by atoms with van der Waals surface area (Å²) in [7, 11) is 0. The highest BCUT2D eigenvalue weighted by atomic mass is 16.5. The van der Waals surface area contributed by atoms with E-state index in [9.17, 15) is 9.90 Å². The van der Waals surface area contributed by atoms with Crippen LogP contribution in [0.4, 0.5) is 0 Å². The number of rotatable bonds is 17. The van der Waals surface area contributed by atoms with Crippen LogP contribution in [0.15, 0.2) is 35.6 Å². The molecule has 0 saturated heterocycles. The summed E-state index contributed by atoms with van der Waals surface area (Å²) >= 11 is 0. The normalized spacial score (nSPS) is 14.8. The van der Waals surface area contributed by atoms with Gasteiger partial charge in [0.15, 0.2) is 0 Å². The quantitative estimate of drug-likeness (QED) is 0.164. The minimum atomic E-state index is -0.522. The first-order chi connectivity index (χ1) is 13.9. The number of aliphatic hydroxyl groups is 1. The van der Waals surface area contributed by atoms with E-state index >= 15 is 0 Å². The molecule has 0 aliphatic rings. The number of hydrogen-bond acceptors (Lipinski definition) is 6. The molecule has 2 N–H and O–H groups in total. The molecule has 0 amide bonds. The lowest BCUT2D eigenvalue weighted by Crippen LogP contribution is -2.32. The minimum Gasteiger partial charge on any atom is -0.494 e. The Morgan fingerprint density at radius 1 is 1.17 bits per heavy atom. The molecule has 2 unspecified atom stereocenters. The van der Waals surface area contributed by atoms with Gasteiger partial charge in [-0.05, 0) is 64.8 Å². The SMILES string of the molecule is CCCCNCC(O)COC(C)/C(C)=C/C(=C\C=C\CCC(=O)OCC)OCC. The van der Waals surface area contributed by atoms with Gasteiger partial charge >= 0.3 is 5.97 Å². The lowest BCUT2D eigenvalue weighted by Gasteiger charge is -2.18. The molecule has 0 aromatic carbocycles. The second-order valence-corrected chi connectivity index (χ2v) is 6.85. The lowest BCUT2D eigenvalue weighted by molar-refractivity contribution is -0.143. The van der Waals surface area contributed by atoms with E-state index in [2.05, 4.69) is 12.2 Å². The van der Waals surface area contributed by atoms with Crippen LogP contribution in [0, 0.1) is 0 Å². The minimum absolute atomic E-state index is 0.128. The van der Waals surface area contributed by atoms with Crippen molar-refractivity contribution in [1.82, 2.24) is 5.32 Å². The summed E-state index contributed by atoms with van der Waals surface area (Å²) in [6.07, 6.45) is 10.2. The molecule has 0 spiro atoms. The molecule has 0 bridgehead atoms. The molecule has 6 heteroatoms. The number of ether oxygens (including phenoxy) is 3. The molecule has 0 rings (SSSR count). The fraction of sp³-hybridized carbons (Fsp3) is 0.696. The molecule has 0 heterocycles. The van der Waals surface area contributed by atoms with Crippen molar-refractivity contribution in [3.8, 4) is 0 Å². The van der Waals surface area contributed by atoms with Crippen LogP contribution in [0.1, 0.15) is 60.3 Å². The third kappa shape index (κ3) is 15.9. The first-order valence-corrected chi connectivity index (χ1v) is 10.8. The zero-order chi connectivity index (χ0) is 21.9. The van der Waals surface area contributed by atoms with Crippen LogP contribution in [0.3, 0.4) is 0 Å². The van der Waals surface area contributed by atoms with Gasteiger partial charge in [-0.1, -0.05) is 25.5 Å². The molecule has 6 nitrogen and oxygen atoms in total. The van der Waals surface area contributed by atoms with Crippen molar-refractivity contribution < 1.29 is 24.1 Å². The number of aliphatic hydroxyl groups excluding tert-OH is 1. The number of esters is 1. The summed E-state index contributed by atoms with van der Waals surface area (Å²) in [6.45, 7) is 12.5. The van der Waals surface area contributed by atoms with E-state index < -0.39 is 6.10 Å². The maximum Gasteiger partial charge on any atom is 0.306 e. The van der Waals surface area contributed by atoms with E-state index in [0.717, 1.165) is 30.7 Å². The summed E-state index contributed by atoms with van der Waals surface area (Å²) in [5.74, 6) is 0.547. The molecule has 168 valence electrons. The average molecular weight is 412 g/mol. The summed E-state index contributed by atoms with van der Waals surface area (Å²) in [5.41, 5.74) is 1.01. The van der Waals surface area contributed by atoms with Crippen LogP contribution in [0.5, 0.6) is 0 Å². The van der Waals surface area contributed by atoms with Crippen molar-refractivity contribution in [1.29, 1.82) is 0 Å². The highest BCUT2D eigenvalue weighted by molar-refractivity contribution is 5.69. The summed E-state index contributed by atoms with van der Waals surface area (Å²) in [6, 6.07) is 0. The van der Waals surface area contributed by atoms with Crippen LogP contribution in [0.25, 0.3) is 0 Å². The van der Waals surface area contributed by atoms with E-state index in [0.29, 0.717) is 32.6 Å². The van der Waals surface area contributed by atoms with Crippen LogP contribution in [-0.4, -0.2) is 56.2 Å². The largest absolute Gasteiger partial charge is 0.494 e. The Balaban J connectivity index is 4.50. The van der Waals surface area contributed by atoms with Gasteiger partial charge in [0, 0.05) is 13.0 Å². The van der Waals surface area contributed by atoms with Gasteiger partial charge in [-0.3, -0.25) is 4.79 Å². The van der Waals surface area contributed by atoms with Crippen molar-refractivity contribution in [3.05, 3.63) is 35.6 Å². The standard InChI is InChI=1S/C23H41NO5/c1-6-9-15-24-17-21(25)18-29-20(5)19(4)16-22(27-7-2)13-11-10-12-14-23(26)28-8-3/h10-11,13,16,20-21,24-25H,6-9,12,14-15,17-18H2,1-5H3/b11-10+,19-16+,22-13+. The van der Waals surface area contributed by atoms with E-state index in [1.807, 2.05) is 45.1 Å². The van der Waals surface area contributed by atoms with Crippen LogP contribution in [-0.2, 0) is 19.0 Å². The van der Waals surface area contributed by atoms with Crippen molar-refractivity contribution in [2.75, 3.05) is 32.9 Å². The van der Waals surface area contributed by atoms with Gasteiger partial charge in [-0.2, -0.15) is 0 Å². The molecule has 0 radical (unpaired) electrons. The molecular formula is C23H41NO5. The Bertz CT molecular complexity index is 513. The van der Waals surface area contributed by atoms with Crippen molar-refractivity contribution >= 4 is 5.97 Å². The summed E-state index contributed by atoms with van der Waals surface area (Å²) in [5, 5.41) is 13.2. The number of allylic oxidation sites excluding steroid dienone is 4. The second kappa shape index (κ2) is 18.4. The van der Waals surface area contributed by atoms with Gasteiger partial charge in [0.05, 0.1) is 32.0 Å². The van der Waals surface area contributed by atoms with E-state index in [1.54, 1.807) is 6.92 Å². The maximum absolute atomic E-state index is 11.3. The second-order valence-electron chi connectivity index (χ2n) is 6.85. The zero-order valence-electron chi connectivity index (χ0n) is 18.9. The number of carbonyl (C=O) groups excluding carboxylic acids is 1. The lowest BCUT2D eigenvalue weighted by atomic mass is 10.1. The Hall–Kier alpha value is -1.63. The Labute approximate surface area is 177 Å². The van der Waals surface area contributed by atoms with Crippen molar-refractivity contribution in [2.45, 2.75) is 72.5 Å². The summed E-state index contributed by atoms with van der Waals surface area (Å²) < 4.78 is 16.3. The molecule has 0 aliphatic heterocycles. The van der Waals surface area contributed by atoms with E-state index in [1.165, 1.54) is 0 Å². The first kappa shape index (κ1) is 27.4. The van der Waals surface area contributed by atoms with E-state index in [-0.39, 0.29) is 18.7 Å². The Kier molecular flexibility index (Phi) is 17.4. The third-order valence-corrected chi connectivity index (χ3v) is 4.16. The monoisotopic (exact) mass is 411 g/mol.